The quantitative estimate of drug-likeness (QED) is 0.612. The third-order valence-corrected chi connectivity index (χ3v) is 2.42. The second kappa shape index (κ2) is 4.69. The molecule has 1 rings (SSSR count). The smallest absolute Gasteiger partial charge is 0.249 e. The summed E-state index contributed by atoms with van der Waals surface area (Å²) in [6.07, 6.45) is -3.39. The minimum absolute atomic E-state index is 0.0312. The van der Waals surface area contributed by atoms with Crippen molar-refractivity contribution in [1.82, 2.24) is 0 Å². The maximum Gasteiger partial charge on any atom is 0.249 e. The molecule has 0 aliphatic carbocycles. The normalized spacial score (nSPS) is 14.5. The van der Waals surface area contributed by atoms with Crippen LogP contribution in [0.4, 0.5) is 0 Å². The van der Waals surface area contributed by atoms with Gasteiger partial charge >= 0.3 is 0 Å². The summed E-state index contributed by atoms with van der Waals surface area (Å²) in [5.74, 6) is -1.30. The average Bonchev–Trinajstić information content (AvgIpc) is 2.21. The minimum atomic E-state index is -1.79. The first kappa shape index (κ1) is 12.8. The van der Waals surface area contributed by atoms with Crippen molar-refractivity contribution in [3.63, 3.8) is 0 Å². The maximum absolute atomic E-state index is 10.7. The number of benzene rings is 1. The molecule has 0 fully saturated rings. The van der Waals surface area contributed by atoms with Crippen molar-refractivity contribution < 1.29 is 20.1 Å². The zero-order chi connectivity index (χ0) is 12.5. The summed E-state index contributed by atoms with van der Waals surface area (Å²) in [4.78, 5) is 10.7. The summed E-state index contributed by atoms with van der Waals surface area (Å²) < 4.78 is 0. The fraction of sp³-hybridized carbons (Fsp3) is 0.300. The first-order valence-electron chi connectivity index (χ1n) is 4.49. The summed E-state index contributed by atoms with van der Waals surface area (Å²) in [6.45, 7) is 1.58. The summed E-state index contributed by atoms with van der Waals surface area (Å²) in [5.41, 5.74) is 5.23. The lowest BCUT2D eigenvalue weighted by Gasteiger charge is -2.17. The molecular weight excluding hydrogens is 234 g/mol. The van der Waals surface area contributed by atoms with E-state index in [0.29, 0.717) is 5.56 Å². The summed E-state index contributed by atoms with van der Waals surface area (Å²) >= 11 is 5.73. The molecule has 5 N–H and O–H groups in total. The Hall–Kier alpha value is -1.30. The van der Waals surface area contributed by atoms with Gasteiger partial charge in [0.15, 0.2) is 6.10 Å². The predicted molar refractivity (Wildman–Crippen MR) is 58.0 cm³/mol. The van der Waals surface area contributed by atoms with E-state index in [9.17, 15) is 20.1 Å². The Morgan fingerprint density at radius 1 is 1.44 bits per heavy atom. The van der Waals surface area contributed by atoms with E-state index in [1.54, 1.807) is 6.92 Å². The highest BCUT2D eigenvalue weighted by atomic mass is 35.5. The number of phenolic OH excluding ortho intramolecular Hbond substituents is 1. The number of nitrogens with two attached hydrogens (primary N) is 1. The number of aryl methyl sites for hydroxylation is 1. The first-order chi connectivity index (χ1) is 7.34. The standard InChI is InChI=1S/C10H12ClNO4/c1-4-2-5(11)3-6(7(4)13)8(14)9(15)10(12)16/h2-3,8-9,13-15H,1H3,(H2,12,16). The molecule has 6 heteroatoms. The number of rotatable bonds is 3. The van der Waals surface area contributed by atoms with E-state index in [2.05, 4.69) is 0 Å². The SMILES string of the molecule is Cc1cc(Cl)cc(C(O)C(O)C(N)=O)c1O. The van der Waals surface area contributed by atoms with Crippen molar-refractivity contribution in [2.24, 2.45) is 5.73 Å². The van der Waals surface area contributed by atoms with Gasteiger partial charge in [0.25, 0.3) is 0 Å². The van der Waals surface area contributed by atoms with Crippen LogP contribution in [0.3, 0.4) is 0 Å². The fourth-order valence-electron chi connectivity index (χ4n) is 1.31. The maximum atomic E-state index is 10.7. The molecule has 0 radical (unpaired) electrons. The number of hydrogen-bond donors (Lipinski definition) is 4. The van der Waals surface area contributed by atoms with Crippen LogP contribution < -0.4 is 5.73 Å². The zero-order valence-electron chi connectivity index (χ0n) is 8.51. The summed E-state index contributed by atoms with van der Waals surface area (Å²) in [7, 11) is 0. The number of aliphatic hydroxyl groups excluding tert-OH is 2. The van der Waals surface area contributed by atoms with E-state index in [1.807, 2.05) is 0 Å². The molecule has 1 aromatic rings. The first-order valence-corrected chi connectivity index (χ1v) is 4.87. The van der Waals surface area contributed by atoms with Crippen LogP contribution in [0.25, 0.3) is 0 Å². The van der Waals surface area contributed by atoms with E-state index < -0.39 is 18.1 Å². The second-order valence-corrected chi connectivity index (χ2v) is 3.89. The minimum Gasteiger partial charge on any atom is -0.507 e. The number of halogens is 1. The van der Waals surface area contributed by atoms with Crippen molar-refractivity contribution in [1.29, 1.82) is 0 Å². The lowest BCUT2D eigenvalue weighted by molar-refractivity contribution is -0.132. The molecule has 2 atom stereocenters. The van der Waals surface area contributed by atoms with E-state index in [-0.39, 0.29) is 16.3 Å². The average molecular weight is 246 g/mol. The Morgan fingerprint density at radius 3 is 2.50 bits per heavy atom. The number of aliphatic hydroxyl groups is 2. The predicted octanol–water partition coefficient (Wildman–Crippen LogP) is 0.234. The highest BCUT2D eigenvalue weighted by Gasteiger charge is 2.26. The molecule has 88 valence electrons. The van der Waals surface area contributed by atoms with E-state index in [0.717, 1.165) is 0 Å². The van der Waals surface area contributed by atoms with Crippen LogP contribution >= 0.6 is 11.6 Å². The number of phenols is 1. The lowest BCUT2D eigenvalue weighted by atomic mass is 10.0. The zero-order valence-corrected chi connectivity index (χ0v) is 9.27. The molecule has 5 nitrogen and oxygen atoms in total. The van der Waals surface area contributed by atoms with Crippen molar-refractivity contribution in [2.75, 3.05) is 0 Å². The molecule has 0 bridgehead atoms. The van der Waals surface area contributed by atoms with Crippen molar-refractivity contribution in [3.05, 3.63) is 28.3 Å². The van der Waals surface area contributed by atoms with Gasteiger partial charge in [-0.3, -0.25) is 4.79 Å². The third kappa shape index (κ3) is 2.44. The van der Waals surface area contributed by atoms with Gasteiger partial charge in [-0.15, -0.1) is 0 Å². The largest absolute Gasteiger partial charge is 0.507 e. The van der Waals surface area contributed by atoms with Gasteiger partial charge in [-0.2, -0.15) is 0 Å². The van der Waals surface area contributed by atoms with Crippen LogP contribution in [0.5, 0.6) is 5.75 Å². The Kier molecular flexibility index (Phi) is 3.74. The Balaban J connectivity index is 3.17. The van der Waals surface area contributed by atoms with Crippen LogP contribution in [-0.2, 0) is 4.79 Å². The molecule has 0 aromatic heterocycles. The van der Waals surface area contributed by atoms with Gasteiger partial charge in [0, 0.05) is 10.6 Å². The topological polar surface area (TPSA) is 104 Å². The summed E-state index contributed by atoms with van der Waals surface area (Å²) in [6, 6.07) is 2.75. The number of carbonyl (C=O) groups excluding carboxylic acids is 1. The molecule has 1 amide bonds. The van der Waals surface area contributed by atoms with E-state index in [4.69, 9.17) is 17.3 Å². The van der Waals surface area contributed by atoms with Crippen LogP contribution in [0.2, 0.25) is 5.02 Å². The molecule has 0 aliphatic heterocycles. The Morgan fingerprint density at radius 2 is 2.00 bits per heavy atom. The van der Waals surface area contributed by atoms with Crippen molar-refractivity contribution in [3.8, 4) is 5.75 Å². The molecule has 0 aliphatic rings. The fourth-order valence-corrected chi connectivity index (χ4v) is 1.59. The van der Waals surface area contributed by atoms with Crippen LogP contribution in [0.1, 0.15) is 17.2 Å². The Bertz CT molecular complexity index is 422. The lowest BCUT2D eigenvalue weighted by Crippen LogP contribution is -2.33. The van der Waals surface area contributed by atoms with Gasteiger partial charge in [0.2, 0.25) is 5.91 Å². The van der Waals surface area contributed by atoms with Crippen molar-refractivity contribution >= 4 is 17.5 Å². The number of hydrogen-bond acceptors (Lipinski definition) is 4. The molecule has 2 unspecified atom stereocenters. The molecular formula is C10H12ClNO4. The van der Waals surface area contributed by atoms with E-state index in [1.165, 1.54) is 12.1 Å². The molecule has 0 saturated carbocycles. The van der Waals surface area contributed by atoms with Gasteiger partial charge in [0.05, 0.1) is 0 Å². The highest BCUT2D eigenvalue weighted by Crippen LogP contribution is 2.32. The van der Waals surface area contributed by atoms with Gasteiger partial charge in [-0.1, -0.05) is 11.6 Å². The monoisotopic (exact) mass is 245 g/mol. The summed E-state index contributed by atoms with van der Waals surface area (Å²) in [5, 5.41) is 28.8. The molecule has 1 aromatic carbocycles. The van der Waals surface area contributed by atoms with Gasteiger partial charge < -0.3 is 21.1 Å². The van der Waals surface area contributed by atoms with Crippen LogP contribution in [-0.4, -0.2) is 27.3 Å². The third-order valence-electron chi connectivity index (χ3n) is 2.20. The number of carbonyl (C=O) groups is 1. The molecule has 0 spiro atoms. The van der Waals surface area contributed by atoms with Crippen LogP contribution in [0.15, 0.2) is 12.1 Å². The number of aromatic hydroxyl groups is 1. The van der Waals surface area contributed by atoms with Gasteiger partial charge in [-0.25, -0.2) is 0 Å². The number of amides is 1. The van der Waals surface area contributed by atoms with Gasteiger partial charge in [0.1, 0.15) is 11.9 Å². The second-order valence-electron chi connectivity index (χ2n) is 3.45. The van der Waals surface area contributed by atoms with Gasteiger partial charge in [-0.05, 0) is 24.6 Å². The highest BCUT2D eigenvalue weighted by molar-refractivity contribution is 6.30. The molecule has 16 heavy (non-hydrogen) atoms. The van der Waals surface area contributed by atoms with Crippen LogP contribution in [0, 0.1) is 6.92 Å². The molecule has 0 heterocycles. The van der Waals surface area contributed by atoms with Crippen molar-refractivity contribution in [2.45, 2.75) is 19.1 Å². The molecule has 0 saturated heterocycles. The number of primary amides is 1. The Labute approximate surface area is 97.1 Å². The van der Waals surface area contributed by atoms with E-state index >= 15 is 0 Å².